The number of hydrogen-bond acceptors (Lipinski definition) is 7. The fourth-order valence-electron chi connectivity index (χ4n) is 3.90. The fraction of sp³-hybridized carbons (Fsp3) is 0.0968. The fourth-order valence-corrected chi connectivity index (χ4v) is 6.44. The largest absolute Gasteiger partial charge is 0.321 e. The van der Waals surface area contributed by atoms with Crippen molar-refractivity contribution in [1.82, 2.24) is 10.3 Å². The summed E-state index contributed by atoms with van der Waals surface area (Å²) in [6.45, 7) is 1.96. The van der Waals surface area contributed by atoms with Crippen LogP contribution < -0.4 is 16.0 Å². The Balaban J connectivity index is 1.27. The van der Waals surface area contributed by atoms with Gasteiger partial charge < -0.3 is 16.0 Å². The van der Waals surface area contributed by atoms with Crippen LogP contribution in [-0.4, -0.2) is 28.0 Å². The smallest absolute Gasteiger partial charge is 0.272 e. The van der Waals surface area contributed by atoms with Crippen molar-refractivity contribution in [2.45, 2.75) is 23.5 Å². The molecule has 3 amide bonds. The topological polar surface area (TPSA) is 100 Å². The second-order valence-electron chi connectivity index (χ2n) is 8.87. The summed E-state index contributed by atoms with van der Waals surface area (Å²) in [7, 11) is 0. The van der Waals surface area contributed by atoms with E-state index in [4.69, 9.17) is 0 Å². The van der Waals surface area contributed by atoms with Gasteiger partial charge in [-0.1, -0.05) is 60.7 Å². The van der Waals surface area contributed by atoms with Gasteiger partial charge in [-0.3, -0.25) is 14.4 Å². The van der Waals surface area contributed by atoms with Gasteiger partial charge in [0, 0.05) is 21.0 Å². The van der Waals surface area contributed by atoms with Crippen LogP contribution in [0.25, 0.3) is 16.3 Å². The highest BCUT2D eigenvalue weighted by Crippen LogP contribution is 2.30. The number of carbonyl (C=O) groups is 3. The molecule has 0 radical (unpaired) electrons. The third kappa shape index (κ3) is 7.49. The number of amides is 3. The average Bonchev–Trinajstić information content (AvgIpc) is 3.65. The van der Waals surface area contributed by atoms with E-state index in [-0.39, 0.29) is 22.8 Å². The summed E-state index contributed by atoms with van der Waals surface area (Å²) < 4.78 is 1.01. The highest BCUT2D eigenvalue weighted by Gasteiger charge is 2.20. The number of thioether (sulfide) groups is 1. The number of nitrogens with zero attached hydrogens (tertiary/aromatic N) is 1. The van der Waals surface area contributed by atoms with Gasteiger partial charge in [-0.05, 0) is 66.4 Å². The molecular weight excluding hydrogens is 573 g/mol. The predicted octanol–water partition coefficient (Wildman–Crippen LogP) is 7.28. The van der Waals surface area contributed by atoms with Gasteiger partial charge in [0.15, 0.2) is 5.13 Å². The number of carbonyl (C=O) groups excluding carboxylic acids is 3. The lowest BCUT2D eigenvalue weighted by Crippen LogP contribution is -2.30. The lowest BCUT2D eigenvalue weighted by Gasteiger charge is -2.15. The molecule has 2 aromatic heterocycles. The monoisotopic (exact) mass is 598 g/mol. The molecule has 206 valence electrons. The third-order valence-electron chi connectivity index (χ3n) is 5.92. The molecule has 0 saturated carbocycles. The van der Waals surface area contributed by atoms with Crippen molar-refractivity contribution in [3.8, 4) is 0 Å². The molecule has 3 N–H and O–H groups in total. The number of fused-ring (bicyclic) bond motifs is 1. The number of nitrogens with one attached hydrogen (secondary N) is 3. The van der Waals surface area contributed by atoms with E-state index in [0.29, 0.717) is 22.8 Å². The molecule has 0 aliphatic heterocycles. The zero-order valence-corrected chi connectivity index (χ0v) is 24.4. The van der Waals surface area contributed by atoms with Crippen molar-refractivity contribution in [3.63, 3.8) is 0 Å². The molecule has 0 aliphatic carbocycles. The average molecular weight is 599 g/mol. The summed E-state index contributed by atoms with van der Waals surface area (Å²) in [5.41, 5.74) is 1.98. The highest BCUT2D eigenvalue weighted by molar-refractivity contribution is 8.00. The Bertz CT molecular complexity index is 1670. The molecule has 10 heteroatoms. The van der Waals surface area contributed by atoms with Gasteiger partial charge in [-0.25, -0.2) is 4.98 Å². The van der Waals surface area contributed by atoms with Gasteiger partial charge >= 0.3 is 0 Å². The minimum Gasteiger partial charge on any atom is -0.321 e. The van der Waals surface area contributed by atoms with Crippen molar-refractivity contribution in [3.05, 3.63) is 113 Å². The molecular formula is C31H26N4O3S3. The van der Waals surface area contributed by atoms with Crippen molar-refractivity contribution in [1.29, 1.82) is 0 Å². The van der Waals surface area contributed by atoms with Crippen LogP contribution in [0.2, 0.25) is 0 Å². The molecule has 5 aromatic rings. The van der Waals surface area contributed by atoms with E-state index in [1.165, 1.54) is 34.4 Å². The number of anilines is 2. The number of para-hydroxylation sites is 1. The summed E-state index contributed by atoms with van der Waals surface area (Å²) >= 11 is 4.32. The number of thiazole rings is 1. The lowest BCUT2D eigenvalue weighted by molar-refractivity contribution is -0.116. The zero-order valence-electron chi connectivity index (χ0n) is 22.0. The molecule has 41 heavy (non-hydrogen) atoms. The second-order valence-corrected chi connectivity index (χ2v) is 12.2. The number of benzene rings is 3. The van der Waals surface area contributed by atoms with Crippen LogP contribution in [0, 0.1) is 0 Å². The first-order chi connectivity index (χ1) is 20.0. The van der Waals surface area contributed by atoms with E-state index < -0.39 is 5.91 Å². The van der Waals surface area contributed by atoms with E-state index in [1.807, 2.05) is 73.0 Å². The molecule has 0 saturated heterocycles. The summed E-state index contributed by atoms with van der Waals surface area (Å²) in [6.07, 6.45) is 2.26. The first-order valence-electron chi connectivity index (χ1n) is 12.8. The van der Waals surface area contributed by atoms with Crippen LogP contribution >= 0.6 is 34.4 Å². The number of hydrogen-bond donors (Lipinski definition) is 3. The Labute approximate surface area is 249 Å². The minimum atomic E-state index is -0.453. The molecule has 1 atom stereocenters. The summed E-state index contributed by atoms with van der Waals surface area (Å²) in [5.74, 6) is -0.959. The van der Waals surface area contributed by atoms with Crippen LogP contribution in [0.4, 0.5) is 10.8 Å². The Morgan fingerprint density at radius 3 is 2.49 bits per heavy atom. The second kappa shape index (κ2) is 13.4. The number of aromatic nitrogens is 1. The molecule has 5 rings (SSSR count). The minimum absolute atomic E-state index is 0.126. The molecule has 0 fully saturated rings. The molecule has 0 aliphatic rings. The molecule has 1 unspecified atom stereocenters. The SMILES string of the molecule is CCC(Sc1cccc(NC(=O)/C(=C/c2cccs2)NC(=O)c2ccccc2)c1)C(=O)Nc1nc2ccccc2s1. The Morgan fingerprint density at radius 1 is 0.927 bits per heavy atom. The number of thiophene rings is 1. The van der Waals surface area contributed by atoms with Crippen LogP contribution in [0.5, 0.6) is 0 Å². The molecule has 7 nitrogen and oxygen atoms in total. The predicted molar refractivity (Wildman–Crippen MR) is 169 cm³/mol. The van der Waals surface area contributed by atoms with Gasteiger partial charge in [0.1, 0.15) is 5.70 Å². The standard InChI is InChI=1S/C31H26N4O3S3/c1-2-26(30(38)35-31-34-24-15-6-7-16-27(24)41-31)40-23-13-8-12-21(18-23)32-29(37)25(19-22-14-9-17-39-22)33-28(36)20-10-4-3-5-11-20/h3-19,26H,2H2,1H3,(H,32,37)(H,33,36)(H,34,35,38)/b25-19-. The first kappa shape index (κ1) is 28.3. The van der Waals surface area contributed by atoms with Gasteiger partial charge in [0.2, 0.25) is 5.91 Å². The van der Waals surface area contributed by atoms with Crippen LogP contribution in [0.3, 0.4) is 0 Å². The van der Waals surface area contributed by atoms with E-state index in [2.05, 4.69) is 20.9 Å². The normalized spacial score (nSPS) is 12.1. The lowest BCUT2D eigenvalue weighted by atomic mass is 10.2. The van der Waals surface area contributed by atoms with Crippen molar-refractivity contribution in [2.24, 2.45) is 0 Å². The van der Waals surface area contributed by atoms with E-state index >= 15 is 0 Å². The maximum Gasteiger partial charge on any atom is 0.272 e. The Kier molecular flexibility index (Phi) is 9.25. The summed E-state index contributed by atoms with van der Waals surface area (Å²) in [6, 6.07) is 27.5. The van der Waals surface area contributed by atoms with Gasteiger partial charge in [0.05, 0.1) is 15.5 Å². The molecule has 0 spiro atoms. The van der Waals surface area contributed by atoms with E-state index in [1.54, 1.807) is 36.4 Å². The number of rotatable bonds is 10. The molecule has 3 aromatic carbocycles. The first-order valence-corrected chi connectivity index (χ1v) is 15.4. The highest BCUT2D eigenvalue weighted by atomic mass is 32.2. The zero-order chi connectivity index (χ0) is 28.6. The Morgan fingerprint density at radius 2 is 1.73 bits per heavy atom. The van der Waals surface area contributed by atoms with Crippen molar-refractivity contribution >= 4 is 79.3 Å². The van der Waals surface area contributed by atoms with Gasteiger partial charge in [0.25, 0.3) is 11.8 Å². The molecule has 0 bridgehead atoms. The van der Waals surface area contributed by atoms with Gasteiger partial charge in [-0.15, -0.1) is 23.1 Å². The van der Waals surface area contributed by atoms with Crippen molar-refractivity contribution < 1.29 is 14.4 Å². The Hall–Kier alpha value is -4.25. The van der Waals surface area contributed by atoms with Crippen LogP contribution in [0.1, 0.15) is 28.6 Å². The van der Waals surface area contributed by atoms with Crippen molar-refractivity contribution in [2.75, 3.05) is 10.6 Å². The molecule has 2 heterocycles. The maximum absolute atomic E-state index is 13.3. The van der Waals surface area contributed by atoms with Crippen LogP contribution in [-0.2, 0) is 9.59 Å². The quantitative estimate of drug-likeness (QED) is 0.116. The summed E-state index contributed by atoms with van der Waals surface area (Å²) in [5, 5.41) is 10.7. The van der Waals surface area contributed by atoms with Gasteiger partial charge in [-0.2, -0.15) is 0 Å². The van der Waals surface area contributed by atoms with Crippen LogP contribution in [0.15, 0.2) is 107 Å². The van der Waals surface area contributed by atoms with E-state index in [9.17, 15) is 14.4 Å². The summed E-state index contributed by atoms with van der Waals surface area (Å²) in [4.78, 5) is 45.4. The van der Waals surface area contributed by atoms with E-state index in [0.717, 1.165) is 20.0 Å². The maximum atomic E-state index is 13.3. The third-order valence-corrected chi connectivity index (χ3v) is 9.05.